The van der Waals surface area contributed by atoms with Crippen LogP contribution in [0.25, 0.3) is 0 Å². The standard InChI is InChI=1S/C16H17NO3/c1-12(14-7-9-15(18)10-8-14)17-16(19)20-11-13-5-3-2-4-6-13/h2-10,12,18H,11H2,1H3,(H,17,19)/t12-/m1/s1. The summed E-state index contributed by atoms with van der Waals surface area (Å²) in [4.78, 5) is 11.7. The molecule has 0 bridgehead atoms. The number of alkyl carbamates (subject to hydrolysis) is 1. The molecule has 2 aromatic carbocycles. The van der Waals surface area contributed by atoms with Gasteiger partial charge in [0.1, 0.15) is 12.4 Å². The van der Waals surface area contributed by atoms with E-state index in [1.807, 2.05) is 37.3 Å². The van der Waals surface area contributed by atoms with E-state index in [0.717, 1.165) is 11.1 Å². The van der Waals surface area contributed by atoms with Gasteiger partial charge in [-0.15, -0.1) is 0 Å². The maximum atomic E-state index is 11.7. The van der Waals surface area contributed by atoms with Crippen LogP contribution in [-0.4, -0.2) is 11.2 Å². The number of ether oxygens (including phenoxy) is 1. The fraction of sp³-hybridized carbons (Fsp3) is 0.188. The lowest BCUT2D eigenvalue weighted by Crippen LogP contribution is -2.27. The molecule has 0 saturated carbocycles. The molecule has 2 aromatic rings. The zero-order chi connectivity index (χ0) is 14.4. The van der Waals surface area contributed by atoms with E-state index in [0.29, 0.717) is 0 Å². The molecule has 1 amide bonds. The van der Waals surface area contributed by atoms with E-state index in [4.69, 9.17) is 4.74 Å². The monoisotopic (exact) mass is 271 g/mol. The number of aromatic hydroxyl groups is 1. The van der Waals surface area contributed by atoms with Crippen LogP contribution >= 0.6 is 0 Å². The third kappa shape index (κ3) is 4.02. The quantitative estimate of drug-likeness (QED) is 0.896. The fourth-order valence-corrected chi connectivity index (χ4v) is 1.79. The third-order valence-electron chi connectivity index (χ3n) is 2.94. The first kappa shape index (κ1) is 13.9. The molecule has 1 atom stereocenters. The highest BCUT2D eigenvalue weighted by molar-refractivity contribution is 5.67. The molecule has 0 fully saturated rings. The summed E-state index contributed by atoms with van der Waals surface area (Å²) in [5.74, 6) is 0.201. The van der Waals surface area contributed by atoms with E-state index in [-0.39, 0.29) is 18.4 Å². The van der Waals surface area contributed by atoms with Crippen LogP contribution in [0.5, 0.6) is 5.75 Å². The Labute approximate surface area is 118 Å². The Hall–Kier alpha value is -2.49. The molecule has 4 heteroatoms. The lowest BCUT2D eigenvalue weighted by atomic mass is 10.1. The Morgan fingerprint density at radius 1 is 1.15 bits per heavy atom. The van der Waals surface area contributed by atoms with Gasteiger partial charge in [0.2, 0.25) is 0 Å². The minimum atomic E-state index is -0.463. The number of amides is 1. The number of hydrogen-bond acceptors (Lipinski definition) is 3. The van der Waals surface area contributed by atoms with Crippen molar-refractivity contribution < 1.29 is 14.6 Å². The fourth-order valence-electron chi connectivity index (χ4n) is 1.79. The highest BCUT2D eigenvalue weighted by Crippen LogP contribution is 2.16. The average molecular weight is 271 g/mol. The van der Waals surface area contributed by atoms with E-state index >= 15 is 0 Å². The molecule has 104 valence electrons. The van der Waals surface area contributed by atoms with Crippen molar-refractivity contribution >= 4 is 6.09 Å². The second kappa shape index (κ2) is 6.61. The van der Waals surface area contributed by atoms with Crippen molar-refractivity contribution in [1.82, 2.24) is 5.32 Å². The van der Waals surface area contributed by atoms with Crippen LogP contribution in [-0.2, 0) is 11.3 Å². The van der Waals surface area contributed by atoms with Gasteiger partial charge in [0.25, 0.3) is 0 Å². The molecular formula is C16H17NO3. The van der Waals surface area contributed by atoms with Crippen LogP contribution in [0.3, 0.4) is 0 Å². The lowest BCUT2D eigenvalue weighted by Gasteiger charge is -2.14. The number of phenolic OH excluding ortho intramolecular Hbond substituents is 1. The van der Waals surface area contributed by atoms with E-state index < -0.39 is 6.09 Å². The summed E-state index contributed by atoms with van der Waals surface area (Å²) < 4.78 is 5.14. The second-order valence-corrected chi connectivity index (χ2v) is 4.52. The number of benzene rings is 2. The number of rotatable bonds is 4. The van der Waals surface area contributed by atoms with Gasteiger partial charge >= 0.3 is 6.09 Å². The van der Waals surface area contributed by atoms with Crippen LogP contribution in [0.15, 0.2) is 54.6 Å². The molecule has 4 nitrogen and oxygen atoms in total. The Bertz CT molecular complexity index is 552. The van der Waals surface area contributed by atoms with E-state index in [9.17, 15) is 9.90 Å². The van der Waals surface area contributed by atoms with Gasteiger partial charge in [0.15, 0.2) is 0 Å². The van der Waals surface area contributed by atoms with E-state index in [1.165, 1.54) is 0 Å². The maximum absolute atomic E-state index is 11.7. The minimum Gasteiger partial charge on any atom is -0.508 e. The van der Waals surface area contributed by atoms with Gasteiger partial charge in [-0.05, 0) is 30.2 Å². The van der Waals surface area contributed by atoms with Gasteiger partial charge in [-0.3, -0.25) is 0 Å². The minimum absolute atomic E-state index is 0.182. The SMILES string of the molecule is C[C@@H](NC(=O)OCc1ccccc1)c1ccc(O)cc1. The normalized spacial score (nSPS) is 11.7. The zero-order valence-corrected chi connectivity index (χ0v) is 11.2. The first-order chi connectivity index (χ1) is 9.65. The molecule has 0 spiro atoms. The summed E-state index contributed by atoms with van der Waals surface area (Å²) in [7, 11) is 0. The highest BCUT2D eigenvalue weighted by atomic mass is 16.5. The molecule has 0 aliphatic heterocycles. The molecule has 0 aliphatic rings. The van der Waals surface area contributed by atoms with Crippen molar-refractivity contribution in [2.75, 3.05) is 0 Å². The van der Waals surface area contributed by atoms with Gasteiger partial charge in [0.05, 0.1) is 6.04 Å². The summed E-state index contributed by atoms with van der Waals surface area (Å²) in [6.45, 7) is 2.10. The van der Waals surface area contributed by atoms with Gasteiger partial charge in [-0.2, -0.15) is 0 Å². The molecule has 0 unspecified atom stereocenters. The first-order valence-electron chi connectivity index (χ1n) is 6.41. The summed E-state index contributed by atoms with van der Waals surface area (Å²) in [6, 6.07) is 16.0. The van der Waals surface area contributed by atoms with Gasteiger partial charge in [-0.25, -0.2) is 4.79 Å². The molecule has 0 aromatic heterocycles. The third-order valence-corrected chi connectivity index (χ3v) is 2.94. The Morgan fingerprint density at radius 2 is 1.80 bits per heavy atom. The number of carbonyl (C=O) groups excluding carboxylic acids is 1. The number of carbonyl (C=O) groups is 1. The largest absolute Gasteiger partial charge is 0.508 e. The van der Waals surface area contributed by atoms with E-state index in [1.54, 1.807) is 24.3 Å². The van der Waals surface area contributed by atoms with Crippen LogP contribution < -0.4 is 5.32 Å². The van der Waals surface area contributed by atoms with Crippen molar-refractivity contribution in [2.45, 2.75) is 19.6 Å². The van der Waals surface area contributed by atoms with Gasteiger partial charge in [-0.1, -0.05) is 42.5 Å². The van der Waals surface area contributed by atoms with Gasteiger partial charge in [0, 0.05) is 0 Å². The van der Waals surface area contributed by atoms with Crippen molar-refractivity contribution in [3.63, 3.8) is 0 Å². The number of phenols is 1. The highest BCUT2D eigenvalue weighted by Gasteiger charge is 2.10. The Morgan fingerprint density at radius 3 is 2.45 bits per heavy atom. The van der Waals surface area contributed by atoms with Crippen LogP contribution in [0.1, 0.15) is 24.1 Å². The lowest BCUT2D eigenvalue weighted by molar-refractivity contribution is 0.136. The predicted molar refractivity (Wildman–Crippen MR) is 76.3 cm³/mol. The predicted octanol–water partition coefficient (Wildman–Crippen LogP) is 3.38. The van der Waals surface area contributed by atoms with Crippen molar-refractivity contribution in [3.8, 4) is 5.75 Å². The van der Waals surface area contributed by atoms with Crippen LogP contribution in [0.4, 0.5) is 4.79 Å². The summed E-state index contributed by atoms with van der Waals surface area (Å²) in [5.41, 5.74) is 1.85. The van der Waals surface area contributed by atoms with Crippen molar-refractivity contribution in [1.29, 1.82) is 0 Å². The molecule has 2 rings (SSSR count). The summed E-state index contributed by atoms with van der Waals surface area (Å²) in [5, 5.41) is 12.0. The maximum Gasteiger partial charge on any atom is 0.407 e. The van der Waals surface area contributed by atoms with Gasteiger partial charge < -0.3 is 15.2 Å². The number of hydrogen-bond donors (Lipinski definition) is 2. The molecule has 0 radical (unpaired) electrons. The molecular weight excluding hydrogens is 254 g/mol. The van der Waals surface area contributed by atoms with Crippen molar-refractivity contribution in [3.05, 3.63) is 65.7 Å². The molecule has 2 N–H and O–H groups in total. The van der Waals surface area contributed by atoms with Crippen LogP contribution in [0.2, 0.25) is 0 Å². The van der Waals surface area contributed by atoms with E-state index in [2.05, 4.69) is 5.32 Å². The molecule has 0 saturated heterocycles. The molecule has 0 aliphatic carbocycles. The first-order valence-corrected chi connectivity index (χ1v) is 6.41. The Balaban J connectivity index is 1.83. The summed E-state index contributed by atoms with van der Waals surface area (Å²) in [6.07, 6.45) is -0.463. The average Bonchev–Trinajstić information content (AvgIpc) is 2.47. The zero-order valence-electron chi connectivity index (χ0n) is 11.2. The Kier molecular flexibility index (Phi) is 4.60. The number of nitrogens with one attached hydrogen (secondary N) is 1. The van der Waals surface area contributed by atoms with Crippen molar-refractivity contribution in [2.24, 2.45) is 0 Å². The second-order valence-electron chi connectivity index (χ2n) is 4.52. The molecule has 0 heterocycles. The smallest absolute Gasteiger partial charge is 0.407 e. The topological polar surface area (TPSA) is 58.6 Å². The molecule has 20 heavy (non-hydrogen) atoms. The van der Waals surface area contributed by atoms with Crippen LogP contribution in [0, 0.1) is 0 Å². The summed E-state index contributed by atoms with van der Waals surface area (Å²) >= 11 is 0.